The summed E-state index contributed by atoms with van der Waals surface area (Å²) in [5.74, 6) is 1.10. The second-order valence-corrected chi connectivity index (χ2v) is 7.62. The van der Waals surface area contributed by atoms with E-state index >= 15 is 0 Å². The number of halogens is 3. The van der Waals surface area contributed by atoms with Gasteiger partial charge in [0.05, 0.1) is 30.7 Å². The lowest BCUT2D eigenvalue weighted by Gasteiger charge is -2.22. The highest BCUT2D eigenvalue weighted by Gasteiger charge is 2.30. The van der Waals surface area contributed by atoms with Gasteiger partial charge in [-0.15, -0.1) is 0 Å². The first kappa shape index (κ1) is 23.4. The number of anilines is 3. The van der Waals surface area contributed by atoms with E-state index in [1.807, 2.05) is 36.2 Å². The second kappa shape index (κ2) is 9.60. The van der Waals surface area contributed by atoms with Crippen molar-refractivity contribution in [3.63, 3.8) is 0 Å². The Bertz CT molecular complexity index is 1270. The molecule has 4 aromatic rings. The number of nitrogens with zero attached hydrogens (tertiary/aromatic N) is 4. The zero-order valence-electron chi connectivity index (χ0n) is 18.9. The minimum atomic E-state index is -4.39. The number of rotatable bonds is 8. The van der Waals surface area contributed by atoms with Gasteiger partial charge in [-0.1, -0.05) is 6.07 Å². The number of hydrogen-bond acceptors (Lipinski definition) is 6. The van der Waals surface area contributed by atoms with E-state index in [0.717, 1.165) is 23.4 Å². The number of methoxy groups -OCH3 is 2. The van der Waals surface area contributed by atoms with Gasteiger partial charge in [0.1, 0.15) is 11.4 Å². The van der Waals surface area contributed by atoms with Crippen LogP contribution in [0.5, 0.6) is 5.75 Å². The van der Waals surface area contributed by atoms with Crippen LogP contribution in [0.25, 0.3) is 16.9 Å². The maximum absolute atomic E-state index is 12.9. The molecule has 2 heterocycles. The van der Waals surface area contributed by atoms with E-state index in [0.29, 0.717) is 41.9 Å². The molecule has 0 amide bonds. The van der Waals surface area contributed by atoms with Gasteiger partial charge in [0.25, 0.3) is 0 Å². The quantitative estimate of drug-likeness (QED) is 0.379. The standard InChI is InChI=1S/C24H24F3N5O2/c1-31(12-13-33-2)20-9-4-16(14-21(20)34-3)19-15-22-28-10-11-32(22)23(30-19)29-18-7-5-17(6-8-18)24(25,26)27/h4-11,14-15H,12-13H2,1-3H3,(H,29,30). The van der Waals surface area contributed by atoms with Gasteiger partial charge in [-0.25, -0.2) is 9.97 Å². The van der Waals surface area contributed by atoms with Crippen LogP contribution in [-0.4, -0.2) is 48.8 Å². The van der Waals surface area contributed by atoms with E-state index in [-0.39, 0.29) is 0 Å². The zero-order valence-corrected chi connectivity index (χ0v) is 18.9. The average Bonchev–Trinajstić information content (AvgIpc) is 3.31. The van der Waals surface area contributed by atoms with Crippen LogP contribution in [0, 0.1) is 0 Å². The first-order chi connectivity index (χ1) is 16.3. The Balaban J connectivity index is 1.68. The SMILES string of the molecule is COCCN(C)c1ccc(-c2cc3nccn3c(Nc3ccc(C(F)(F)F)cc3)n2)cc1OC. The Morgan fingerprint density at radius 1 is 1.06 bits per heavy atom. The number of aromatic nitrogens is 3. The summed E-state index contributed by atoms with van der Waals surface area (Å²) in [5, 5.41) is 3.09. The maximum atomic E-state index is 12.9. The lowest BCUT2D eigenvalue weighted by molar-refractivity contribution is -0.137. The van der Waals surface area contributed by atoms with Crippen molar-refractivity contribution in [3.8, 4) is 17.0 Å². The first-order valence-electron chi connectivity index (χ1n) is 10.5. The van der Waals surface area contributed by atoms with Crippen LogP contribution in [-0.2, 0) is 10.9 Å². The largest absolute Gasteiger partial charge is 0.495 e. The van der Waals surface area contributed by atoms with Crippen molar-refractivity contribution in [3.05, 3.63) is 66.5 Å². The summed E-state index contributed by atoms with van der Waals surface area (Å²) in [7, 11) is 5.22. The molecule has 0 atom stereocenters. The molecule has 2 aromatic heterocycles. The molecule has 0 aliphatic rings. The fourth-order valence-corrected chi connectivity index (χ4v) is 3.53. The third kappa shape index (κ3) is 4.91. The fraction of sp³-hybridized carbons (Fsp3) is 0.250. The van der Waals surface area contributed by atoms with E-state index in [1.165, 1.54) is 12.1 Å². The Labute approximate surface area is 194 Å². The van der Waals surface area contributed by atoms with Crippen molar-refractivity contribution in [2.45, 2.75) is 6.18 Å². The maximum Gasteiger partial charge on any atom is 0.416 e. The number of imidazole rings is 1. The third-order valence-corrected chi connectivity index (χ3v) is 5.38. The number of alkyl halides is 3. The summed E-state index contributed by atoms with van der Waals surface area (Å²) in [6.45, 7) is 1.28. The Morgan fingerprint density at radius 2 is 1.82 bits per heavy atom. The molecule has 0 fully saturated rings. The molecule has 0 spiro atoms. The lowest BCUT2D eigenvalue weighted by atomic mass is 10.1. The predicted octanol–water partition coefficient (Wildman–Crippen LogP) is 5.25. The normalized spacial score (nSPS) is 11.6. The first-order valence-corrected chi connectivity index (χ1v) is 10.5. The van der Waals surface area contributed by atoms with Gasteiger partial charge in [-0.3, -0.25) is 4.40 Å². The van der Waals surface area contributed by atoms with E-state index in [1.54, 1.807) is 31.0 Å². The minimum absolute atomic E-state index is 0.421. The molecular formula is C24H24F3N5O2. The van der Waals surface area contributed by atoms with E-state index in [4.69, 9.17) is 14.5 Å². The minimum Gasteiger partial charge on any atom is -0.495 e. The molecule has 0 bridgehead atoms. The Morgan fingerprint density at radius 3 is 2.50 bits per heavy atom. The molecule has 0 aliphatic carbocycles. The average molecular weight is 471 g/mol. The van der Waals surface area contributed by atoms with E-state index in [2.05, 4.69) is 10.3 Å². The molecule has 178 valence electrons. The number of benzene rings is 2. The topological polar surface area (TPSA) is 63.9 Å². The summed E-state index contributed by atoms with van der Waals surface area (Å²) >= 11 is 0. The van der Waals surface area contributed by atoms with Crippen molar-refractivity contribution >= 4 is 23.0 Å². The number of likely N-dealkylation sites (N-methyl/N-ethyl adjacent to an activating group) is 1. The van der Waals surface area contributed by atoms with Crippen LogP contribution in [0.3, 0.4) is 0 Å². The van der Waals surface area contributed by atoms with Crippen LogP contribution in [0.2, 0.25) is 0 Å². The lowest BCUT2D eigenvalue weighted by Crippen LogP contribution is -2.22. The smallest absolute Gasteiger partial charge is 0.416 e. The number of hydrogen-bond donors (Lipinski definition) is 1. The van der Waals surface area contributed by atoms with Gasteiger partial charge in [0, 0.05) is 50.4 Å². The van der Waals surface area contributed by atoms with Crippen molar-refractivity contribution < 1.29 is 22.6 Å². The molecule has 10 heteroatoms. The second-order valence-electron chi connectivity index (χ2n) is 7.62. The molecule has 0 unspecified atom stereocenters. The third-order valence-electron chi connectivity index (χ3n) is 5.38. The summed E-state index contributed by atoms with van der Waals surface area (Å²) < 4.78 is 51.2. The molecule has 2 aromatic carbocycles. The van der Waals surface area contributed by atoms with Gasteiger partial charge in [0.15, 0.2) is 0 Å². The van der Waals surface area contributed by atoms with Gasteiger partial charge >= 0.3 is 6.18 Å². The van der Waals surface area contributed by atoms with Gasteiger partial charge in [0.2, 0.25) is 5.95 Å². The predicted molar refractivity (Wildman–Crippen MR) is 125 cm³/mol. The van der Waals surface area contributed by atoms with Crippen molar-refractivity contribution in [2.75, 3.05) is 44.6 Å². The Hall–Kier alpha value is -3.79. The molecular weight excluding hydrogens is 447 g/mol. The molecule has 4 rings (SSSR count). The summed E-state index contributed by atoms with van der Waals surface area (Å²) in [6, 6.07) is 12.4. The van der Waals surface area contributed by atoms with Gasteiger partial charge < -0.3 is 19.7 Å². The summed E-state index contributed by atoms with van der Waals surface area (Å²) in [4.78, 5) is 11.1. The van der Waals surface area contributed by atoms with Gasteiger partial charge in [-0.05, 0) is 36.4 Å². The molecule has 0 saturated heterocycles. The fourth-order valence-electron chi connectivity index (χ4n) is 3.53. The molecule has 0 radical (unpaired) electrons. The van der Waals surface area contributed by atoms with Crippen LogP contribution in [0.1, 0.15) is 5.56 Å². The Kier molecular flexibility index (Phi) is 6.60. The van der Waals surface area contributed by atoms with Crippen LogP contribution < -0.4 is 15.0 Å². The number of fused-ring (bicyclic) bond motifs is 1. The highest BCUT2D eigenvalue weighted by Crippen LogP contribution is 2.34. The van der Waals surface area contributed by atoms with E-state index in [9.17, 15) is 13.2 Å². The molecule has 1 N–H and O–H groups in total. The van der Waals surface area contributed by atoms with E-state index < -0.39 is 11.7 Å². The van der Waals surface area contributed by atoms with Crippen LogP contribution >= 0.6 is 0 Å². The highest BCUT2D eigenvalue weighted by atomic mass is 19.4. The molecule has 34 heavy (non-hydrogen) atoms. The monoisotopic (exact) mass is 471 g/mol. The van der Waals surface area contributed by atoms with Crippen molar-refractivity contribution in [1.82, 2.24) is 14.4 Å². The number of nitrogens with one attached hydrogen (secondary N) is 1. The summed E-state index contributed by atoms with van der Waals surface area (Å²) in [5.41, 5.74) is 2.75. The molecule has 0 saturated carbocycles. The van der Waals surface area contributed by atoms with Crippen molar-refractivity contribution in [1.29, 1.82) is 0 Å². The highest BCUT2D eigenvalue weighted by molar-refractivity contribution is 5.73. The molecule has 7 nitrogen and oxygen atoms in total. The van der Waals surface area contributed by atoms with Crippen LogP contribution in [0.15, 0.2) is 60.9 Å². The molecule has 0 aliphatic heterocycles. The van der Waals surface area contributed by atoms with Gasteiger partial charge in [-0.2, -0.15) is 13.2 Å². The summed E-state index contributed by atoms with van der Waals surface area (Å²) in [6.07, 6.45) is -1.03. The van der Waals surface area contributed by atoms with Crippen molar-refractivity contribution in [2.24, 2.45) is 0 Å². The number of ether oxygens (including phenoxy) is 2. The van der Waals surface area contributed by atoms with Crippen LogP contribution in [0.4, 0.5) is 30.5 Å². The zero-order chi connectivity index (χ0) is 24.3.